The predicted octanol–water partition coefficient (Wildman–Crippen LogP) is 2.09. The standard InChI is InChI=1S/C17H21NO4/c1-16(2)13(15(20)17(3,4)22-16)9-11-5-7-12(8-6-11)21-10-14(18)19/h5-9H,10H2,1-4H3,(H2,18,19). The minimum Gasteiger partial charge on any atom is -0.484 e. The molecule has 0 saturated carbocycles. The summed E-state index contributed by atoms with van der Waals surface area (Å²) in [6.07, 6.45) is 1.83. The van der Waals surface area contributed by atoms with Gasteiger partial charge in [-0.25, -0.2) is 0 Å². The van der Waals surface area contributed by atoms with Crippen molar-refractivity contribution in [2.45, 2.75) is 38.9 Å². The van der Waals surface area contributed by atoms with Crippen molar-refractivity contribution in [3.05, 3.63) is 35.4 Å². The van der Waals surface area contributed by atoms with E-state index in [4.69, 9.17) is 15.2 Å². The second-order valence-corrected chi connectivity index (χ2v) is 6.33. The topological polar surface area (TPSA) is 78.6 Å². The molecule has 5 nitrogen and oxygen atoms in total. The number of rotatable bonds is 4. The van der Waals surface area contributed by atoms with E-state index < -0.39 is 17.1 Å². The van der Waals surface area contributed by atoms with Gasteiger partial charge in [0, 0.05) is 5.57 Å². The van der Waals surface area contributed by atoms with Crippen LogP contribution in [0.1, 0.15) is 33.3 Å². The van der Waals surface area contributed by atoms with Gasteiger partial charge in [-0.05, 0) is 51.5 Å². The van der Waals surface area contributed by atoms with Crippen LogP contribution in [0.2, 0.25) is 0 Å². The van der Waals surface area contributed by atoms with Crippen molar-refractivity contribution in [1.29, 1.82) is 0 Å². The lowest BCUT2D eigenvalue weighted by Crippen LogP contribution is -2.29. The molecule has 0 spiro atoms. The molecule has 1 saturated heterocycles. The van der Waals surface area contributed by atoms with Crippen molar-refractivity contribution in [2.24, 2.45) is 5.73 Å². The molecule has 0 bridgehead atoms. The molecule has 1 aromatic rings. The van der Waals surface area contributed by atoms with E-state index in [0.29, 0.717) is 11.3 Å². The first-order chi connectivity index (χ1) is 10.1. The highest BCUT2D eigenvalue weighted by atomic mass is 16.5. The summed E-state index contributed by atoms with van der Waals surface area (Å²) < 4.78 is 11.0. The van der Waals surface area contributed by atoms with Gasteiger partial charge in [0.2, 0.25) is 0 Å². The van der Waals surface area contributed by atoms with Crippen LogP contribution < -0.4 is 10.5 Å². The maximum atomic E-state index is 12.4. The zero-order valence-corrected chi connectivity index (χ0v) is 13.3. The van der Waals surface area contributed by atoms with E-state index in [1.54, 1.807) is 26.0 Å². The number of hydrogen-bond donors (Lipinski definition) is 1. The Kier molecular flexibility index (Phi) is 4.11. The van der Waals surface area contributed by atoms with E-state index in [9.17, 15) is 9.59 Å². The molecule has 0 atom stereocenters. The lowest BCUT2D eigenvalue weighted by Gasteiger charge is -2.22. The van der Waals surface area contributed by atoms with Gasteiger partial charge < -0.3 is 15.2 Å². The minimum atomic E-state index is -0.806. The third-order valence-corrected chi connectivity index (χ3v) is 3.52. The monoisotopic (exact) mass is 303 g/mol. The molecule has 0 aromatic heterocycles. The molecule has 1 heterocycles. The van der Waals surface area contributed by atoms with E-state index in [0.717, 1.165) is 5.56 Å². The SMILES string of the molecule is CC1(C)OC(C)(C)C(=Cc2ccc(OCC(N)=O)cc2)C1=O. The van der Waals surface area contributed by atoms with Crippen molar-refractivity contribution in [2.75, 3.05) is 6.61 Å². The Bertz CT molecular complexity index is 627. The molecule has 2 N–H and O–H groups in total. The Morgan fingerprint density at radius 3 is 2.23 bits per heavy atom. The normalized spacial score (nSPS) is 21.1. The van der Waals surface area contributed by atoms with Gasteiger partial charge in [0.05, 0.1) is 5.60 Å². The van der Waals surface area contributed by atoms with Crippen LogP contribution in [0.3, 0.4) is 0 Å². The summed E-state index contributed by atoms with van der Waals surface area (Å²) in [5.41, 5.74) is 5.10. The summed E-state index contributed by atoms with van der Waals surface area (Å²) in [5, 5.41) is 0. The van der Waals surface area contributed by atoms with Gasteiger partial charge >= 0.3 is 0 Å². The molecule has 22 heavy (non-hydrogen) atoms. The van der Waals surface area contributed by atoms with Crippen LogP contribution in [-0.4, -0.2) is 29.5 Å². The first-order valence-corrected chi connectivity index (χ1v) is 7.10. The number of nitrogens with two attached hydrogens (primary N) is 1. The first-order valence-electron chi connectivity index (χ1n) is 7.10. The van der Waals surface area contributed by atoms with Crippen LogP contribution >= 0.6 is 0 Å². The smallest absolute Gasteiger partial charge is 0.255 e. The van der Waals surface area contributed by atoms with Gasteiger partial charge in [-0.2, -0.15) is 0 Å². The second kappa shape index (κ2) is 5.57. The molecule has 1 aromatic carbocycles. The summed E-state index contributed by atoms with van der Waals surface area (Å²) in [5.74, 6) is 0.0185. The fourth-order valence-electron chi connectivity index (χ4n) is 2.56. The second-order valence-electron chi connectivity index (χ2n) is 6.33. The van der Waals surface area contributed by atoms with E-state index >= 15 is 0 Å². The number of benzene rings is 1. The maximum absolute atomic E-state index is 12.4. The predicted molar refractivity (Wildman–Crippen MR) is 83.4 cm³/mol. The van der Waals surface area contributed by atoms with Crippen LogP contribution in [0.15, 0.2) is 29.8 Å². The van der Waals surface area contributed by atoms with Gasteiger partial charge in [0.25, 0.3) is 5.91 Å². The summed E-state index contributed by atoms with van der Waals surface area (Å²) >= 11 is 0. The van der Waals surface area contributed by atoms with Crippen LogP contribution in [0.5, 0.6) is 5.75 Å². The van der Waals surface area contributed by atoms with Crippen LogP contribution in [0.25, 0.3) is 6.08 Å². The molecule has 0 radical (unpaired) electrons. The lowest BCUT2D eigenvalue weighted by molar-refractivity contribution is -0.132. The number of amides is 1. The fourth-order valence-corrected chi connectivity index (χ4v) is 2.56. The maximum Gasteiger partial charge on any atom is 0.255 e. The summed E-state index contributed by atoms with van der Waals surface area (Å²) in [6.45, 7) is 7.16. The van der Waals surface area contributed by atoms with Gasteiger partial charge in [-0.3, -0.25) is 9.59 Å². The number of carbonyl (C=O) groups is 2. The third kappa shape index (κ3) is 3.36. The molecular weight excluding hydrogens is 282 g/mol. The number of carbonyl (C=O) groups excluding carboxylic acids is 2. The van der Waals surface area contributed by atoms with Crippen molar-refractivity contribution in [3.8, 4) is 5.75 Å². The number of ketones is 1. The van der Waals surface area contributed by atoms with Gasteiger partial charge in [0.15, 0.2) is 12.4 Å². The molecule has 1 amide bonds. The average Bonchev–Trinajstić information content (AvgIpc) is 2.56. The van der Waals surface area contributed by atoms with Gasteiger partial charge in [0.1, 0.15) is 11.4 Å². The highest BCUT2D eigenvalue weighted by molar-refractivity contribution is 6.08. The third-order valence-electron chi connectivity index (χ3n) is 3.52. The van der Waals surface area contributed by atoms with E-state index in [-0.39, 0.29) is 12.4 Å². The Hall–Kier alpha value is -2.14. The average molecular weight is 303 g/mol. The Morgan fingerprint density at radius 2 is 1.77 bits per heavy atom. The number of ether oxygens (including phenoxy) is 2. The van der Waals surface area contributed by atoms with E-state index in [1.165, 1.54) is 0 Å². The highest BCUT2D eigenvalue weighted by Crippen LogP contribution is 2.39. The number of primary amides is 1. The summed E-state index contributed by atoms with van der Waals surface area (Å²) in [6, 6.07) is 7.09. The lowest BCUT2D eigenvalue weighted by atomic mass is 9.91. The largest absolute Gasteiger partial charge is 0.484 e. The Balaban J connectivity index is 2.22. The molecule has 2 rings (SSSR count). The minimum absolute atomic E-state index is 0.00782. The highest BCUT2D eigenvalue weighted by Gasteiger charge is 2.49. The van der Waals surface area contributed by atoms with Crippen molar-refractivity contribution < 1.29 is 19.1 Å². The number of Topliss-reactive ketones (excluding diaryl/α,β-unsaturated/α-hetero) is 1. The molecule has 1 aliphatic rings. The van der Waals surface area contributed by atoms with Crippen LogP contribution in [0, 0.1) is 0 Å². The Labute approximate surface area is 130 Å². The molecule has 118 valence electrons. The molecule has 0 aliphatic carbocycles. The number of hydrogen-bond acceptors (Lipinski definition) is 4. The summed E-state index contributed by atoms with van der Waals surface area (Å²) in [4.78, 5) is 23.1. The van der Waals surface area contributed by atoms with E-state index in [1.807, 2.05) is 32.1 Å². The molecule has 5 heteroatoms. The zero-order valence-electron chi connectivity index (χ0n) is 13.3. The van der Waals surface area contributed by atoms with Gasteiger partial charge in [-0.15, -0.1) is 0 Å². The van der Waals surface area contributed by atoms with Gasteiger partial charge in [-0.1, -0.05) is 12.1 Å². The van der Waals surface area contributed by atoms with E-state index in [2.05, 4.69) is 0 Å². The molecule has 1 fully saturated rings. The zero-order chi connectivity index (χ0) is 16.5. The van der Waals surface area contributed by atoms with Crippen molar-refractivity contribution in [1.82, 2.24) is 0 Å². The van der Waals surface area contributed by atoms with Crippen molar-refractivity contribution >= 4 is 17.8 Å². The fraction of sp³-hybridized carbons (Fsp3) is 0.412. The molecular formula is C17H21NO4. The summed E-state index contributed by atoms with van der Waals surface area (Å²) in [7, 11) is 0. The Morgan fingerprint density at radius 1 is 1.18 bits per heavy atom. The van der Waals surface area contributed by atoms with Crippen LogP contribution in [0.4, 0.5) is 0 Å². The first kappa shape index (κ1) is 16.2. The molecule has 1 aliphatic heterocycles. The molecule has 0 unspecified atom stereocenters. The van der Waals surface area contributed by atoms with Crippen molar-refractivity contribution in [3.63, 3.8) is 0 Å². The quantitative estimate of drug-likeness (QED) is 0.864. The van der Waals surface area contributed by atoms with Crippen LogP contribution in [-0.2, 0) is 14.3 Å².